The maximum absolute atomic E-state index is 11.9. The van der Waals surface area contributed by atoms with Crippen LogP contribution in [0, 0.1) is 18.3 Å². The number of nitrogens with one attached hydrogen (secondary N) is 2. The molecule has 0 radical (unpaired) electrons. The Hall–Kier alpha value is -2.51. The van der Waals surface area contributed by atoms with Gasteiger partial charge in [0, 0.05) is 29.4 Å². The van der Waals surface area contributed by atoms with Gasteiger partial charge in [0.1, 0.15) is 0 Å². The van der Waals surface area contributed by atoms with E-state index in [4.69, 9.17) is 16.9 Å². The van der Waals surface area contributed by atoms with Gasteiger partial charge in [0.25, 0.3) is 0 Å². The Bertz CT molecular complexity index is 722. The lowest BCUT2D eigenvalue weighted by molar-refractivity contribution is -0.115. The molecule has 0 saturated carbocycles. The minimum Gasteiger partial charge on any atom is -0.384 e. The van der Waals surface area contributed by atoms with Crippen molar-refractivity contribution < 1.29 is 4.79 Å². The van der Waals surface area contributed by atoms with E-state index >= 15 is 0 Å². The molecule has 112 valence electrons. The smallest absolute Gasteiger partial charge is 0.226 e. The van der Waals surface area contributed by atoms with Crippen LogP contribution in [-0.4, -0.2) is 12.5 Å². The van der Waals surface area contributed by atoms with Crippen LogP contribution in [0.2, 0.25) is 5.02 Å². The lowest BCUT2D eigenvalue weighted by Crippen LogP contribution is -2.16. The van der Waals surface area contributed by atoms with Crippen molar-refractivity contribution in [3.05, 3.63) is 58.6 Å². The van der Waals surface area contributed by atoms with Gasteiger partial charge in [-0.2, -0.15) is 5.26 Å². The predicted molar refractivity (Wildman–Crippen MR) is 89.1 cm³/mol. The van der Waals surface area contributed by atoms with Crippen molar-refractivity contribution in [1.29, 1.82) is 5.26 Å². The lowest BCUT2D eigenvalue weighted by Gasteiger charge is -2.09. The van der Waals surface area contributed by atoms with Crippen molar-refractivity contribution in [3.8, 4) is 6.07 Å². The second kappa shape index (κ2) is 7.48. The number of nitriles is 1. The van der Waals surface area contributed by atoms with Crippen molar-refractivity contribution in [2.24, 2.45) is 0 Å². The molecule has 0 aliphatic carbocycles. The normalized spacial score (nSPS) is 9.86. The second-order valence-electron chi connectivity index (χ2n) is 4.88. The molecular weight excluding hydrogens is 298 g/mol. The minimum atomic E-state index is -0.110. The Balaban J connectivity index is 1.82. The summed E-state index contributed by atoms with van der Waals surface area (Å²) in [6.45, 7) is 2.44. The molecule has 4 nitrogen and oxygen atoms in total. The number of rotatable bonds is 5. The maximum atomic E-state index is 11.9. The number of carbonyl (C=O) groups is 1. The fourth-order valence-corrected chi connectivity index (χ4v) is 2.09. The first-order valence-electron chi connectivity index (χ1n) is 6.88. The number of aryl methyl sites for hydroxylation is 1. The molecule has 5 heteroatoms. The van der Waals surface area contributed by atoms with E-state index in [1.165, 1.54) is 0 Å². The summed E-state index contributed by atoms with van der Waals surface area (Å²) in [5, 5.41) is 15.4. The van der Waals surface area contributed by atoms with Crippen LogP contribution in [-0.2, 0) is 4.79 Å². The molecule has 2 aromatic rings. The van der Waals surface area contributed by atoms with E-state index < -0.39 is 0 Å². The molecule has 0 aliphatic heterocycles. The molecule has 2 aromatic carbocycles. The van der Waals surface area contributed by atoms with Gasteiger partial charge in [0.05, 0.1) is 11.6 Å². The van der Waals surface area contributed by atoms with Gasteiger partial charge in [-0.25, -0.2) is 0 Å². The van der Waals surface area contributed by atoms with E-state index in [1.807, 2.05) is 31.2 Å². The molecule has 0 bridgehead atoms. The van der Waals surface area contributed by atoms with Crippen molar-refractivity contribution in [2.45, 2.75) is 13.3 Å². The molecule has 0 spiro atoms. The number of nitrogens with zero attached hydrogens (tertiary/aromatic N) is 1. The predicted octanol–water partition coefficient (Wildman–Crippen LogP) is 3.96. The second-order valence-corrected chi connectivity index (χ2v) is 5.29. The number of halogens is 1. The SMILES string of the molecule is Cc1ccc(NCCC(=O)Nc2cccc(C#N)c2)cc1Cl. The molecule has 2 rings (SSSR count). The zero-order valence-electron chi connectivity index (χ0n) is 12.2. The zero-order valence-corrected chi connectivity index (χ0v) is 12.9. The van der Waals surface area contributed by atoms with Crippen LogP contribution in [0.25, 0.3) is 0 Å². The summed E-state index contributed by atoms with van der Waals surface area (Å²) in [6, 6.07) is 14.6. The first-order chi connectivity index (χ1) is 10.6. The van der Waals surface area contributed by atoms with E-state index in [0.717, 1.165) is 11.3 Å². The summed E-state index contributed by atoms with van der Waals surface area (Å²) >= 11 is 6.05. The topological polar surface area (TPSA) is 64.9 Å². The number of hydrogen-bond acceptors (Lipinski definition) is 3. The van der Waals surface area contributed by atoms with E-state index in [1.54, 1.807) is 24.3 Å². The van der Waals surface area contributed by atoms with Gasteiger partial charge in [-0.15, -0.1) is 0 Å². The summed E-state index contributed by atoms with van der Waals surface area (Å²) < 4.78 is 0. The van der Waals surface area contributed by atoms with E-state index in [0.29, 0.717) is 29.2 Å². The molecule has 0 aliphatic rings. The van der Waals surface area contributed by atoms with Gasteiger partial charge in [-0.3, -0.25) is 4.79 Å². The summed E-state index contributed by atoms with van der Waals surface area (Å²) in [7, 11) is 0. The van der Waals surface area contributed by atoms with Crippen molar-refractivity contribution in [2.75, 3.05) is 17.2 Å². The Morgan fingerprint density at radius 3 is 2.77 bits per heavy atom. The summed E-state index contributed by atoms with van der Waals surface area (Å²) in [4.78, 5) is 11.9. The Labute approximate surface area is 134 Å². The average molecular weight is 314 g/mol. The lowest BCUT2D eigenvalue weighted by atomic mass is 10.2. The fraction of sp³-hybridized carbons (Fsp3) is 0.176. The molecule has 22 heavy (non-hydrogen) atoms. The van der Waals surface area contributed by atoms with Crippen LogP contribution >= 0.6 is 11.6 Å². The first-order valence-corrected chi connectivity index (χ1v) is 7.26. The average Bonchev–Trinajstić information content (AvgIpc) is 2.51. The van der Waals surface area contributed by atoms with Crippen LogP contribution in [0.4, 0.5) is 11.4 Å². The largest absolute Gasteiger partial charge is 0.384 e. The fourth-order valence-electron chi connectivity index (χ4n) is 1.91. The van der Waals surface area contributed by atoms with Crippen molar-refractivity contribution in [1.82, 2.24) is 0 Å². The highest BCUT2D eigenvalue weighted by Crippen LogP contribution is 2.19. The van der Waals surface area contributed by atoms with Gasteiger partial charge < -0.3 is 10.6 Å². The van der Waals surface area contributed by atoms with E-state index in [9.17, 15) is 4.79 Å². The summed E-state index contributed by atoms with van der Waals surface area (Å²) in [6.07, 6.45) is 0.322. The zero-order chi connectivity index (χ0) is 15.9. The molecule has 0 aromatic heterocycles. The molecule has 0 unspecified atom stereocenters. The van der Waals surface area contributed by atoms with E-state index in [2.05, 4.69) is 10.6 Å². The van der Waals surface area contributed by atoms with Crippen LogP contribution in [0.3, 0.4) is 0 Å². The molecule has 0 heterocycles. The number of carbonyl (C=O) groups excluding carboxylic acids is 1. The van der Waals surface area contributed by atoms with E-state index in [-0.39, 0.29) is 5.91 Å². The van der Waals surface area contributed by atoms with Crippen molar-refractivity contribution >= 4 is 28.9 Å². The van der Waals surface area contributed by atoms with Gasteiger partial charge in [-0.05, 0) is 42.8 Å². The molecule has 1 amide bonds. The Morgan fingerprint density at radius 1 is 1.23 bits per heavy atom. The quantitative estimate of drug-likeness (QED) is 0.878. The van der Waals surface area contributed by atoms with Gasteiger partial charge >= 0.3 is 0 Å². The Morgan fingerprint density at radius 2 is 2.05 bits per heavy atom. The molecule has 0 saturated heterocycles. The highest BCUT2D eigenvalue weighted by molar-refractivity contribution is 6.31. The highest BCUT2D eigenvalue weighted by Gasteiger charge is 2.03. The minimum absolute atomic E-state index is 0.110. The monoisotopic (exact) mass is 313 g/mol. The van der Waals surface area contributed by atoms with Crippen molar-refractivity contribution in [3.63, 3.8) is 0 Å². The highest BCUT2D eigenvalue weighted by atomic mass is 35.5. The molecule has 2 N–H and O–H groups in total. The standard InChI is InChI=1S/C17H16ClN3O/c1-12-5-6-14(10-16(12)18)20-8-7-17(22)21-15-4-2-3-13(9-15)11-19/h2-6,9-10,20H,7-8H2,1H3,(H,21,22). The van der Waals surface area contributed by atoms with Crippen LogP contribution in [0.5, 0.6) is 0 Å². The number of anilines is 2. The molecular formula is C17H16ClN3O. The third-order valence-electron chi connectivity index (χ3n) is 3.13. The Kier molecular flexibility index (Phi) is 5.40. The van der Waals surface area contributed by atoms with Crippen LogP contribution < -0.4 is 10.6 Å². The number of amides is 1. The van der Waals surface area contributed by atoms with Gasteiger partial charge in [0.15, 0.2) is 0 Å². The number of hydrogen-bond donors (Lipinski definition) is 2. The van der Waals surface area contributed by atoms with Gasteiger partial charge in [0.2, 0.25) is 5.91 Å². The van der Waals surface area contributed by atoms with Gasteiger partial charge in [-0.1, -0.05) is 23.7 Å². The van der Waals surface area contributed by atoms with Crippen LogP contribution in [0.1, 0.15) is 17.5 Å². The first kappa shape index (κ1) is 15.9. The number of benzene rings is 2. The third kappa shape index (κ3) is 4.51. The molecule has 0 atom stereocenters. The van der Waals surface area contributed by atoms with Crippen LogP contribution in [0.15, 0.2) is 42.5 Å². The maximum Gasteiger partial charge on any atom is 0.226 e. The third-order valence-corrected chi connectivity index (χ3v) is 3.54. The summed E-state index contributed by atoms with van der Waals surface area (Å²) in [5.41, 5.74) is 3.05. The summed E-state index contributed by atoms with van der Waals surface area (Å²) in [5.74, 6) is -0.110. The molecule has 0 fully saturated rings.